The van der Waals surface area contributed by atoms with E-state index in [2.05, 4.69) is 19.9 Å². The third kappa shape index (κ3) is 4.59. The van der Waals surface area contributed by atoms with Gasteiger partial charge in [0.1, 0.15) is 17.2 Å². The number of amides is 1. The van der Waals surface area contributed by atoms with Crippen LogP contribution in [0.5, 0.6) is 0 Å². The fourth-order valence-electron chi connectivity index (χ4n) is 9.04. The third-order valence-electron chi connectivity index (χ3n) is 11.2. The second kappa shape index (κ2) is 9.50. The largest absolute Gasteiger partial charge is 0.444 e. The van der Waals surface area contributed by atoms with E-state index in [4.69, 9.17) is 4.74 Å². The number of likely N-dealkylation sites (tertiary alicyclic amines) is 1. The molecule has 0 aromatic carbocycles. The normalized spacial score (nSPS) is 43.0. The van der Waals surface area contributed by atoms with E-state index in [1.807, 2.05) is 25.7 Å². The first-order valence-electron chi connectivity index (χ1n) is 14.7. The maximum Gasteiger partial charge on any atom is 0.410 e. The highest BCUT2D eigenvalue weighted by atomic mass is 16.6. The van der Waals surface area contributed by atoms with E-state index in [9.17, 15) is 19.5 Å². The predicted molar refractivity (Wildman–Crippen MR) is 142 cm³/mol. The summed E-state index contributed by atoms with van der Waals surface area (Å²) < 4.78 is 5.55. The Labute approximate surface area is 222 Å². The molecule has 1 N–H and O–H groups in total. The molecular formula is C31H47NO5. The summed E-state index contributed by atoms with van der Waals surface area (Å²) >= 11 is 0. The number of hydrogen-bond donors (Lipinski definition) is 1. The van der Waals surface area contributed by atoms with Crippen molar-refractivity contribution in [1.29, 1.82) is 0 Å². The van der Waals surface area contributed by atoms with Gasteiger partial charge in [-0.3, -0.25) is 9.59 Å². The third-order valence-corrected chi connectivity index (χ3v) is 11.2. The van der Waals surface area contributed by atoms with Crippen LogP contribution in [0.4, 0.5) is 4.79 Å². The summed E-state index contributed by atoms with van der Waals surface area (Å²) in [5.74, 6) is 1.31. The molecule has 5 rings (SSSR count). The number of fused-ring (bicyclic) bond motifs is 5. The Kier molecular flexibility index (Phi) is 6.90. The molecule has 37 heavy (non-hydrogen) atoms. The monoisotopic (exact) mass is 513 g/mol. The molecule has 0 bridgehead atoms. The second-order valence-electron chi connectivity index (χ2n) is 14.3. The van der Waals surface area contributed by atoms with E-state index in [0.717, 1.165) is 64.5 Å². The van der Waals surface area contributed by atoms with Crippen LogP contribution in [0.25, 0.3) is 0 Å². The maximum absolute atomic E-state index is 13.9. The van der Waals surface area contributed by atoms with E-state index in [0.29, 0.717) is 24.0 Å². The van der Waals surface area contributed by atoms with Crippen LogP contribution in [0.15, 0.2) is 11.6 Å². The lowest BCUT2D eigenvalue weighted by molar-refractivity contribution is -0.167. The molecule has 1 amide bonds. The van der Waals surface area contributed by atoms with Gasteiger partial charge in [-0.2, -0.15) is 0 Å². The van der Waals surface area contributed by atoms with Crippen LogP contribution in [0, 0.1) is 46.3 Å². The molecule has 5 unspecified atom stereocenters. The molecule has 4 saturated carbocycles. The zero-order chi connectivity index (χ0) is 26.8. The Bertz CT molecular complexity index is 981. The molecule has 6 heteroatoms. The summed E-state index contributed by atoms with van der Waals surface area (Å²) in [6.45, 7) is 11.6. The van der Waals surface area contributed by atoms with Crippen molar-refractivity contribution < 1.29 is 24.2 Å². The number of rotatable bonds is 3. The Hall–Kier alpha value is -1.69. The Morgan fingerprint density at radius 1 is 1.08 bits per heavy atom. The first-order chi connectivity index (χ1) is 17.4. The molecule has 0 aromatic heterocycles. The van der Waals surface area contributed by atoms with Gasteiger partial charge in [-0.1, -0.05) is 25.5 Å². The molecule has 1 heterocycles. The van der Waals surface area contributed by atoms with Gasteiger partial charge in [0.15, 0.2) is 0 Å². The maximum atomic E-state index is 13.9. The van der Waals surface area contributed by atoms with Gasteiger partial charge >= 0.3 is 6.09 Å². The van der Waals surface area contributed by atoms with Gasteiger partial charge in [-0.15, -0.1) is 0 Å². The minimum absolute atomic E-state index is 0.0388. The van der Waals surface area contributed by atoms with Crippen molar-refractivity contribution in [2.45, 2.75) is 98.0 Å². The van der Waals surface area contributed by atoms with Crippen LogP contribution in [0.3, 0.4) is 0 Å². The van der Waals surface area contributed by atoms with E-state index < -0.39 is 5.60 Å². The Balaban J connectivity index is 1.27. The number of carbonyl (C=O) groups excluding carboxylic acids is 3. The van der Waals surface area contributed by atoms with Crippen LogP contribution in [0.2, 0.25) is 0 Å². The summed E-state index contributed by atoms with van der Waals surface area (Å²) in [6.07, 6.45) is 10.4. The number of aliphatic hydroxyl groups is 1. The van der Waals surface area contributed by atoms with Gasteiger partial charge in [0.05, 0.1) is 6.61 Å². The lowest BCUT2D eigenvalue weighted by Gasteiger charge is -2.60. The molecule has 4 aliphatic carbocycles. The number of ether oxygens (including phenoxy) is 1. The standard InChI is InChI=1S/C31H47NO5/c1-29(2,3)37-28(36)32-15-12-20(17-32)7-6-19-10-13-30(4)23-11-14-31(5)22(8-9-25(31)34)26(23)27(35)21(18-33)24(30)16-19/h6,20-24,26,33H,7-18H2,1-5H3/b19-6+/t20?,21-,22?,23?,24?,26?,30-,31+/m1/s1. The molecule has 5 fully saturated rings. The average Bonchev–Trinajstić information content (AvgIpc) is 3.42. The van der Waals surface area contributed by atoms with Gasteiger partial charge in [0, 0.05) is 36.8 Å². The predicted octanol–water partition coefficient (Wildman–Crippen LogP) is 5.57. The zero-order valence-electron chi connectivity index (χ0n) is 23.6. The molecule has 0 radical (unpaired) electrons. The molecule has 1 aliphatic heterocycles. The van der Waals surface area contributed by atoms with Crippen LogP contribution in [-0.2, 0) is 14.3 Å². The minimum Gasteiger partial charge on any atom is -0.444 e. The van der Waals surface area contributed by atoms with Crippen molar-refractivity contribution >= 4 is 17.7 Å². The summed E-state index contributed by atoms with van der Waals surface area (Å²) in [5, 5.41) is 10.5. The molecule has 8 atom stereocenters. The number of allylic oxidation sites excluding steroid dienone is 2. The topological polar surface area (TPSA) is 83.9 Å². The lowest BCUT2D eigenvalue weighted by atomic mass is 9.42. The quantitative estimate of drug-likeness (QED) is 0.499. The number of ketones is 2. The lowest BCUT2D eigenvalue weighted by Crippen LogP contribution is -2.60. The SMILES string of the molecule is CC(C)(C)OC(=O)N1CCC(C/C=C2\CC[C@]3(C)C4CC[C@]5(C)C(=O)CCC5C4C(=O)[C@H](CO)C3C2)C1. The molecule has 0 spiro atoms. The van der Waals surface area contributed by atoms with E-state index in [1.165, 1.54) is 5.57 Å². The molecule has 6 nitrogen and oxygen atoms in total. The number of hydrogen-bond acceptors (Lipinski definition) is 5. The van der Waals surface area contributed by atoms with Gasteiger partial charge < -0.3 is 14.7 Å². The van der Waals surface area contributed by atoms with Crippen LogP contribution >= 0.6 is 0 Å². The van der Waals surface area contributed by atoms with Gasteiger partial charge in [0.25, 0.3) is 0 Å². The first-order valence-corrected chi connectivity index (χ1v) is 14.7. The van der Waals surface area contributed by atoms with Crippen molar-refractivity contribution in [3.63, 3.8) is 0 Å². The summed E-state index contributed by atoms with van der Waals surface area (Å²) in [7, 11) is 0. The molecule has 0 aromatic rings. The van der Waals surface area contributed by atoms with E-state index >= 15 is 0 Å². The van der Waals surface area contributed by atoms with Crippen LogP contribution in [-0.4, -0.2) is 53.0 Å². The summed E-state index contributed by atoms with van der Waals surface area (Å²) in [5.41, 5.74) is 0.640. The second-order valence-corrected chi connectivity index (χ2v) is 14.3. The zero-order valence-corrected chi connectivity index (χ0v) is 23.6. The molecular weight excluding hydrogens is 466 g/mol. The van der Waals surface area contributed by atoms with Gasteiger partial charge in [0.2, 0.25) is 0 Å². The number of nitrogens with zero attached hydrogens (tertiary/aromatic N) is 1. The number of Topliss-reactive ketones (excluding diaryl/α,β-unsaturated/α-hetero) is 2. The summed E-state index contributed by atoms with van der Waals surface area (Å²) in [4.78, 5) is 41.0. The highest BCUT2D eigenvalue weighted by molar-refractivity contribution is 5.91. The molecule has 1 saturated heterocycles. The van der Waals surface area contributed by atoms with Gasteiger partial charge in [-0.25, -0.2) is 4.79 Å². The van der Waals surface area contributed by atoms with E-state index in [1.54, 1.807) is 0 Å². The van der Waals surface area contributed by atoms with Crippen molar-refractivity contribution in [2.24, 2.45) is 46.3 Å². The van der Waals surface area contributed by atoms with E-state index in [-0.39, 0.29) is 53.0 Å². The van der Waals surface area contributed by atoms with Crippen molar-refractivity contribution in [3.8, 4) is 0 Å². The fourth-order valence-corrected chi connectivity index (χ4v) is 9.04. The minimum atomic E-state index is -0.476. The van der Waals surface area contributed by atoms with Crippen LogP contribution < -0.4 is 0 Å². The number of aliphatic hydroxyl groups excluding tert-OH is 1. The van der Waals surface area contributed by atoms with Crippen LogP contribution in [0.1, 0.15) is 92.4 Å². The Morgan fingerprint density at radius 3 is 2.54 bits per heavy atom. The fraction of sp³-hybridized carbons (Fsp3) is 0.839. The highest BCUT2D eigenvalue weighted by Crippen LogP contribution is 2.66. The van der Waals surface area contributed by atoms with Gasteiger partial charge in [-0.05, 0) is 101 Å². The van der Waals surface area contributed by atoms with Crippen molar-refractivity contribution in [2.75, 3.05) is 19.7 Å². The first kappa shape index (κ1) is 26.9. The smallest absolute Gasteiger partial charge is 0.410 e. The Morgan fingerprint density at radius 2 is 1.84 bits per heavy atom. The molecule has 206 valence electrons. The molecule has 5 aliphatic rings. The number of carbonyl (C=O) groups is 3. The van der Waals surface area contributed by atoms with Crippen molar-refractivity contribution in [3.05, 3.63) is 11.6 Å². The summed E-state index contributed by atoms with van der Waals surface area (Å²) in [6, 6.07) is 0. The van der Waals surface area contributed by atoms with Crippen molar-refractivity contribution in [1.82, 2.24) is 4.90 Å². The average molecular weight is 514 g/mol. The highest BCUT2D eigenvalue weighted by Gasteiger charge is 2.64.